The van der Waals surface area contributed by atoms with Crippen LogP contribution in [0.5, 0.6) is 28.9 Å². The maximum absolute atomic E-state index is 12.9. The van der Waals surface area contributed by atoms with Gasteiger partial charge >= 0.3 is 0 Å². The molecule has 2 atom stereocenters. The van der Waals surface area contributed by atoms with Gasteiger partial charge in [0.15, 0.2) is 12.0 Å². The smallest absolute Gasteiger partial charge is 0.291 e. The van der Waals surface area contributed by atoms with Crippen LogP contribution in [-0.2, 0) is 4.75 Å². The summed E-state index contributed by atoms with van der Waals surface area (Å²) in [6, 6.07) is 9.97. The molecule has 9 heteroatoms. The van der Waals surface area contributed by atoms with Crippen molar-refractivity contribution in [2.24, 2.45) is 0 Å². The second-order valence-electron chi connectivity index (χ2n) is 8.89. The summed E-state index contributed by atoms with van der Waals surface area (Å²) in [6.45, 7) is 8.20. The maximum atomic E-state index is 12.9. The molecule has 0 bridgehead atoms. The minimum atomic E-state index is -0.535. The Bertz CT molecular complexity index is 1270. The Labute approximate surface area is 229 Å². The quantitative estimate of drug-likeness (QED) is 0.229. The average molecular weight is 542 g/mol. The van der Waals surface area contributed by atoms with E-state index in [1.54, 1.807) is 12.1 Å². The number of methoxy groups -OCH3 is 3. The van der Waals surface area contributed by atoms with Crippen LogP contribution in [-0.4, -0.2) is 33.5 Å². The fraction of sp³-hybridized carbons (Fsp3) is 0.379. The number of rotatable bonds is 8. The number of ether oxygens (including phenoxy) is 4. The highest BCUT2D eigenvalue weighted by Gasteiger charge is 2.33. The summed E-state index contributed by atoms with van der Waals surface area (Å²) >= 11 is 4.82. The number of nitrogens with one attached hydrogen (secondary N) is 1. The number of hydrogen-bond donors (Lipinski definition) is 2. The van der Waals surface area contributed by atoms with E-state index >= 15 is 0 Å². The highest BCUT2D eigenvalue weighted by Crippen LogP contribution is 2.47. The summed E-state index contributed by atoms with van der Waals surface area (Å²) in [7, 11) is 4.47. The van der Waals surface area contributed by atoms with Crippen molar-refractivity contribution in [1.29, 1.82) is 0 Å². The van der Waals surface area contributed by atoms with Crippen LogP contribution in [0.15, 0.2) is 40.8 Å². The van der Waals surface area contributed by atoms with E-state index in [2.05, 4.69) is 19.2 Å². The minimum absolute atomic E-state index is 0.00633. The molecule has 0 spiro atoms. The van der Waals surface area contributed by atoms with Crippen molar-refractivity contribution in [2.45, 2.75) is 51.2 Å². The van der Waals surface area contributed by atoms with E-state index < -0.39 is 5.91 Å². The summed E-state index contributed by atoms with van der Waals surface area (Å²) < 4.78 is 27.2. The number of benzene rings is 2. The Morgan fingerprint density at radius 1 is 1.05 bits per heavy atom. The normalized spacial score (nSPS) is 17.8. The lowest BCUT2D eigenvalue weighted by Gasteiger charge is -2.35. The predicted molar refractivity (Wildman–Crippen MR) is 150 cm³/mol. The lowest BCUT2D eigenvalue weighted by molar-refractivity contribution is 0.0990. The van der Waals surface area contributed by atoms with Gasteiger partial charge in [0, 0.05) is 22.9 Å². The van der Waals surface area contributed by atoms with E-state index in [0.717, 1.165) is 30.3 Å². The lowest BCUT2D eigenvalue weighted by Crippen LogP contribution is -2.23. The third-order valence-corrected chi connectivity index (χ3v) is 6.92. The van der Waals surface area contributed by atoms with Gasteiger partial charge in [-0.05, 0) is 55.0 Å². The van der Waals surface area contributed by atoms with Crippen molar-refractivity contribution < 1.29 is 33.0 Å². The van der Waals surface area contributed by atoms with Crippen LogP contribution in [0.4, 0.5) is 5.69 Å². The Kier molecular flexibility index (Phi) is 9.38. The number of aldehydes is 1. The summed E-state index contributed by atoms with van der Waals surface area (Å²) in [4.78, 5) is 24.8. The molecule has 1 heterocycles. The molecule has 38 heavy (non-hydrogen) atoms. The molecule has 1 N–H and O–H groups in total. The van der Waals surface area contributed by atoms with Gasteiger partial charge in [0.1, 0.15) is 28.7 Å². The van der Waals surface area contributed by atoms with Gasteiger partial charge < -0.3 is 28.7 Å². The lowest BCUT2D eigenvalue weighted by atomic mass is 9.77. The number of carbonyl (C=O) groups is 2. The fourth-order valence-corrected chi connectivity index (χ4v) is 4.69. The molecule has 204 valence electrons. The molecule has 0 saturated heterocycles. The van der Waals surface area contributed by atoms with Crippen LogP contribution >= 0.6 is 12.6 Å². The number of amides is 1. The Morgan fingerprint density at radius 2 is 1.71 bits per heavy atom. The SMILES string of the molecule is CC.COc1cc(OC)c(NC(=O)c2ccc(Oc3cc4c(cc3C=O)C(C)(S)CCC4C)o2)c(OC)c1. The zero-order valence-corrected chi connectivity index (χ0v) is 23.7. The maximum Gasteiger partial charge on any atom is 0.291 e. The number of anilines is 1. The van der Waals surface area contributed by atoms with E-state index in [9.17, 15) is 9.59 Å². The predicted octanol–water partition coefficient (Wildman–Crippen LogP) is 7.23. The largest absolute Gasteiger partial charge is 0.496 e. The molecular weight excluding hydrogens is 506 g/mol. The monoisotopic (exact) mass is 541 g/mol. The van der Waals surface area contributed by atoms with Crippen molar-refractivity contribution in [3.05, 3.63) is 58.8 Å². The Hall–Kier alpha value is -3.59. The van der Waals surface area contributed by atoms with Crippen molar-refractivity contribution >= 4 is 30.5 Å². The molecule has 1 aromatic heterocycles. The first kappa shape index (κ1) is 29.0. The molecule has 3 aromatic rings. The molecule has 4 rings (SSSR count). The van der Waals surface area contributed by atoms with Gasteiger partial charge in [-0.25, -0.2) is 0 Å². The van der Waals surface area contributed by atoms with Gasteiger partial charge in [0.25, 0.3) is 11.9 Å². The molecule has 0 fully saturated rings. The molecule has 1 amide bonds. The topological polar surface area (TPSA) is 96.2 Å². The van der Waals surface area contributed by atoms with E-state index in [1.165, 1.54) is 33.5 Å². The molecule has 0 aliphatic heterocycles. The van der Waals surface area contributed by atoms with Gasteiger partial charge in [0.05, 0.1) is 26.9 Å². The molecule has 1 aliphatic carbocycles. The summed E-state index contributed by atoms with van der Waals surface area (Å²) in [5.74, 6) is 1.44. The van der Waals surface area contributed by atoms with Crippen molar-refractivity contribution in [1.82, 2.24) is 0 Å². The van der Waals surface area contributed by atoms with Crippen LogP contribution in [0, 0.1) is 0 Å². The third-order valence-electron chi connectivity index (χ3n) is 6.45. The van der Waals surface area contributed by atoms with Gasteiger partial charge in [-0.1, -0.05) is 20.8 Å². The molecule has 0 radical (unpaired) electrons. The van der Waals surface area contributed by atoms with Crippen molar-refractivity contribution in [3.63, 3.8) is 0 Å². The van der Waals surface area contributed by atoms with Crippen molar-refractivity contribution in [3.8, 4) is 28.9 Å². The first-order valence-electron chi connectivity index (χ1n) is 12.5. The number of fused-ring (bicyclic) bond motifs is 1. The Morgan fingerprint density at radius 3 is 2.29 bits per heavy atom. The highest BCUT2D eigenvalue weighted by atomic mass is 32.1. The zero-order valence-electron chi connectivity index (χ0n) is 22.8. The van der Waals surface area contributed by atoms with E-state index in [-0.39, 0.29) is 16.5 Å². The third kappa shape index (κ3) is 5.93. The fourth-order valence-electron chi connectivity index (χ4n) is 4.36. The first-order chi connectivity index (χ1) is 18.2. The standard InChI is InChI=1S/C27H29NO7S.C2H6/c1-15-8-9-27(2,36)19-10-16(14-29)21(13-18(15)19)35-24-7-6-20(34-24)26(30)28-25-22(32-4)11-17(31-3)12-23(25)33-5;1-2/h6-7,10-15,36H,8-9H2,1-5H3,(H,28,30);1-2H3. The van der Waals surface area contributed by atoms with Gasteiger partial charge in [-0.15, -0.1) is 0 Å². The van der Waals surface area contributed by atoms with Crippen LogP contribution in [0.1, 0.15) is 78.5 Å². The molecule has 2 unspecified atom stereocenters. The van der Waals surface area contributed by atoms with Crippen LogP contribution < -0.4 is 24.3 Å². The summed E-state index contributed by atoms with van der Waals surface area (Å²) in [5.41, 5.74) is 2.83. The molecule has 0 saturated carbocycles. The van der Waals surface area contributed by atoms with Gasteiger partial charge in [-0.2, -0.15) is 12.6 Å². The average Bonchev–Trinajstić information content (AvgIpc) is 3.40. The van der Waals surface area contributed by atoms with E-state index in [4.69, 9.17) is 36.0 Å². The van der Waals surface area contributed by atoms with Gasteiger partial charge in [-0.3, -0.25) is 9.59 Å². The van der Waals surface area contributed by atoms with Crippen molar-refractivity contribution in [2.75, 3.05) is 26.6 Å². The molecule has 8 nitrogen and oxygen atoms in total. The summed E-state index contributed by atoms with van der Waals surface area (Å²) in [6.07, 6.45) is 2.65. The number of hydrogen-bond acceptors (Lipinski definition) is 8. The van der Waals surface area contributed by atoms with Crippen LogP contribution in [0.25, 0.3) is 0 Å². The number of furan rings is 1. The van der Waals surface area contributed by atoms with Crippen LogP contribution in [0.2, 0.25) is 0 Å². The molecule has 2 aromatic carbocycles. The van der Waals surface area contributed by atoms with E-state index in [1.807, 2.05) is 26.0 Å². The number of carbonyl (C=O) groups excluding carboxylic acids is 2. The molecular formula is C29H35NO7S. The minimum Gasteiger partial charge on any atom is -0.496 e. The second kappa shape index (κ2) is 12.3. The highest BCUT2D eigenvalue weighted by molar-refractivity contribution is 7.81. The number of thiol groups is 1. The zero-order chi connectivity index (χ0) is 28.0. The first-order valence-corrected chi connectivity index (χ1v) is 12.9. The second-order valence-corrected chi connectivity index (χ2v) is 9.88. The van der Waals surface area contributed by atoms with Crippen LogP contribution in [0.3, 0.4) is 0 Å². The Balaban J connectivity index is 0.00000195. The summed E-state index contributed by atoms with van der Waals surface area (Å²) in [5, 5.41) is 2.75. The van der Waals surface area contributed by atoms with Gasteiger partial charge in [0.2, 0.25) is 0 Å². The van der Waals surface area contributed by atoms with E-state index in [0.29, 0.717) is 40.2 Å². The molecule has 1 aliphatic rings.